The van der Waals surface area contributed by atoms with Crippen LogP contribution in [0.4, 0.5) is 5.69 Å². The molecule has 0 fully saturated rings. The Kier molecular flexibility index (Phi) is 6.64. The highest BCUT2D eigenvalue weighted by molar-refractivity contribution is 6.40. The van der Waals surface area contributed by atoms with Crippen LogP contribution in [0.1, 0.15) is 6.42 Å². The minimum absolute atomic E-state index is 0.292. The maximum Gasteiger partial charge on any atom is 0.313 e. The number of benzene rings is 1. The lowest BCUT2D eigenvalue weighted by atomic mass is 10.2. The molecule has 2 amide bonds. The first-order chi connectivity index (χ1) is 12.0. The fraction of sp³-hybridized carbons (Fsp3) is 0.312. The number of carbonyl (C=O) groups excluding carboxylic acids is 2. The van der Waals surface area contributed by atoms with Gasteiger partial charge in [-0.05, 0) is 12.5 Å². The van der Waals surface area contributed by atoms with Gasteiger partial charge < -0.3 is 20.1 Å². The molecule has 0 unspecified atom stereocenters. The zero-order valence-corrected chi connectivity index (χ0v) is 14.7. The molecule has 134 valence electrons. The zero-order chi connectivity index (χ0) is 18.2. The Hall–Kier alpha value is -2.74. The highest BCUT2D eigenvalue weighted by atomic mass is 35.5. The lowest BCUT2D eigenvalue weighted by Gasteiger charge is -2.13. The molecule has 2 aromatic rings. The number of nitrogens with zero attached hydrogens (tertiary/aromatic N) is 2. The van der Waals surface area contributed by atoms with Gasteiger partial charge in [-0.25, -0.2) is 0 Å². The van der Waals surface area contributed by atoms with Crippen LogP contribution in [0.3, 0.4) is 0 Å². The third-order valence-electron chi connectivity index (χ3n) is 3.34. The molecule has 0 saturated carbocycles. The van der Waals surface area contributed by atoms with Crippen LogP contribution in [0.2, 0.25) is 5.02 Å². The smallest absolute Gasteiger partial charge is 0.313 e. The van der Waals surface area contributed by atoms with Gasteiger partial charge in [-0.3, -0.25) is 14.3 Å². The van der Waals surface area contributed by atoms with Crippen LogP contribution in [-0.4, -0.2) is 42.4 Å². The van der Waals surface area contributed by atoms with Crippen LogP contribution in [0.25, 0.3) is 0 Å². The van der Waals surface area contributed by atoms with Crippen molar-refractivity contribution in [3.63, 3.8) is 0 Å². The Labute approximate surface area is 150 Å². The molecule has 2 N–H and O–H groups in total. The van der Waals surface area contributed by atoms with E-state index in [0.717, 1.165) is 0 Å². The van der Waals surface area contributed by atoms with E-state index < -0.39 is 11.8 Å². The molecule has 0 radical (unpaired) electrons. The lowest BCUT2D eigenvalue weighted by molar-refractivity contribution is -0.136. The average molecular weight is 367 g/mol. The third kappa shape index (κ3) is 5.12. The molecule has 8 nitrogen and oxygen atoms in total. The molecule has 0 atom stereocenters. The monoisotopic (exact) mass is 366 g/mol. The highest BCUT2D eigenvalue weighted by Gasteiger charge is 2.17. The second-order valence-corrected chi connectivity index (χ2v) is 5.43. The Bertz CT molecular complexity index is 734. The van der Waals surface area contributed by atoms with Crippen LogP contribution >= 0.6 is 11.6 Å². The van der Waals surface area contributed by atoms with E-state index in [9.17, 15) is 9.59 Å². The average Bonchev–Trinajstić information content (AvgIpc) is 3.12. The summed E-state index contributed by atoms with van der Waals surface area (Å²) < 4.78 is 12.0. The number of amides is 2. The van der Waals surface area contributed by atoms with E-state index in [1.54, 1.807) is 10.9 Å². The van der Waals surface area contributed by atoms with E-state index in [1.807, 2.05) is 12.3 Å². The number of methoxy groups -OCH3 is 2. The molecule has 25 heavy (non-hydrogen) atoms. The van der Waals surface area contributed by atoms with Crippen molar-refractivity contribution >= 4 is 29.1 Å². The number of hydrogen-bond donors (Lipinski definition) is 2. The van der Waals surface area contributed by atoms with Crippen molar-refractivity contribution in [3.05, 3.63) is 35.6 Å². The number of aryl methyl sites for hydroxylation is 1. The van der Waals surface area contributed by atoms with E-state index in [4.69, 9.17) is 21.1 Å². The number of halogens is 1. The molecule has 0 saturated heterocycles. The molecule has 0 aliphatic carbocycles. The number of anilines is 1. The number of carbonyl (C=O) groups is 2. The van der Waals surface area contributed by atoms with Gasteiger partial charge in [0.1, 0.15) is 11.5 Å². The predicted octanol–water partition coefficient (Wildman–Crippen LogP) is 1.70. The molecule has 0 aliphatic heterocycles. The molecule has 0 aliphatic rings. The molecule has 9 heteroatoms. The molecule has 2 rings (SSSR count). The molecular formula is C16H19ClN4O4. The molecular weight excluding hydrogens is 348 g/mol. The van der Waals surface area contributed by atoms with Crippen molar-refractivity contribution in [1.82, 2.24) is 15.1 Å². The SMILES string of the molecule is COc1cc(NC(=O)C(=O)NCCCn2cccn2)c(OC)cc1Cl. The lowest BCUT2D eigenvalue weighted by Crippen LogP contribution is -2.36. The summed E-state index contributed by atoms with van der Waals surface area (Å²) in [5.41, 5.74) is 0.292. The second-order valence-electron chi connectivity index (χ2n) is 5.02. The van der Waals surface area contributed by atoms with Crippen LogP contribution in [0, 0.1) is 0 Å². The van der Waals surface area contributed by atoms with Gasteiger partial charge in [-0.1, -0.05) is 11.6 Å². The topological polar surface area (TPSA) is 94.5 Å². The maximum atomic E-state index is 12.0. The zero-order valence-electron chi connectivity index (χ0n) is 13.9. The fourth-order valence-electron chi connectivity index (χ4n) is 2.09. The minimum Gasteiger partial charge on any atom is -0.495 e. The fourth-order valence-corrected chi connectivity index (χ4v) is 2.32. The van der Waals surface area contributed by atoms with E-state index in [0.29, 0.717) is 41.7 Å². The summed E-state index contributed by atoms with van der Waals surface area (Å²) in [6.45, 7) is 1.00. The van der Waals surface area contributed by atoms with Crippen molar-refractivity contribution in [2.24, 2.45) is 0 Å². The van der Waals surface area contributed by atoms with Crippen molar-refractivity contribution in [1.29, 1.82) is 0 Å². The maximum absolute atomic E-state index is 12.0. The van der Waals surface area contributed by atoms with Crippen LogP contribution < -0.4 is 20.1 Å². The van der Waals surface area contributed by atoms with Crippen LogP contribution in [-0.2, 0) is 16.1 Å². The molecule has 1 aromatic carbocycles. The first-order valence-electron chi connectivity index (χ1n) is 7.53. The Morgan fingerprint density at radius 3 is 2.60 bits per heavy atom. The molecule has 1 aromatic heterocycles. The first kappa shape index (κ1) is 18.6. The summed E-state index contributed by atoms with van der Waals surface area (Å²) in [5, 5.41) is 9.43. The van der Waals surface area contributed by atoms with Gasteiger partial charge in [0.05, 0.1) is 24.9 Å². The summed E-state index contributed by atoms with van der Waals surface area (Å²) >= 11 is 6.00. The Balaban J connectivity index is 1.88. The highest BCUT2D eigenvalue weighted by Crippen LogP contribution is 2.35. The minimum atomic E-state index is -0.804. The van der Waals surface area contributed by atoms with Gasteiger partial charge >= 0.3 is 11.8 Å². The van der Waals surface area contributed by atoms with E-state index in [1.165, 1.54) is 26.4 Å². The second kappa shape index (κ2) is 8.93. The normalized spacial score (nSPS) is 10.2. The summed E-state index contributed by atoms with van der Waals surface area (Å²) in [4.78, 5) is 23.9. The van der Waals surface area contributed by atoms with Gasteiger partial charge in [0.25, 0.3) is 0 Å². The van der Waals surface area contributed by atoms with Crippen LogP contribution in [0.15, 0.2) is 30.6 Å². The van der Waals surface area contributed by atoms with Crippen molar-refractivity contribution in [2.45, 2.75) is 13.0 Å². The van der Waals surface area contributed by atoms with Gasteiger partial charge in [0.2, 0.25) is 0 Å². The number of aromatic nitrogens is 2. The predicted molar refractivity (Wildman–Crippen MR) is 93.0 cm³/mol. The van der Waals surface area contributed by atoms with Gasteiger partial charge in [0.15, 0.2) is 0 Å². The molecule has 0 spiro atoms. The Morgan fingerprint density at radius 2 is 1.96 bits per heavy atom. The summed E-state index contributed by atoms with van der Waals surface area (Å²) in [6.07, 6.45) is 4.16. The third-order valence-corrected chi connectivity index (χ3v) is 3.63. The first-order valence-corrected chi connectivity index (χ1v) is 7.91. The van der Waals surface area contributed by atoms with Crippen LogP contribution in [0.5, 0.6) is 11.5 Å². The van der Waals surface area contributed by atoms with E-state index in [-0.39, 0.29) is 0 Å². The van der Waals surface area contributed by atoms with Crippen molar-refractivity contribution in [3.8, 4) is 11.5 Å². The van der Waals surface area contributed by atoms with Crippen molar-refractivity contribution in [2.75, 3.05) is 26.1 Å². The van der Waals surface area contributed by atoms with Gasteiger partial charge in [-0.15, -0.1) is 0 Å². The number of nitrogens with one attached hydrogen (secondary N) is 2. The van der Waals surface area contributed by atoms with E-state index in [2.05, 4.69) is 15.7 Å². The van der Waals surface area contributed by atoms with Crippen molar-refractivity contribution < 1.29 is 19.1 Å². The number of ether oxygens (including phenoxy) is 2. The molecule has 0 bridgehead atoms. The van der Waals surface area contributed by atoms with Gasteiger partial charge in [-0.2, -0.15) is 5.10 Å². The number of rotatable bonds is 7. The number of hydrogen-bond acceptors (Lipinski definition) is 5. The summed E-state index contributed by atoms with van der Waals surface area (Å²) in [6, 6.07) is 4.81. The standard InChI is InChI=1S/C16H19ClN4O4/c1-24-13-10-12(14(25-2)9-11(13)17)20-16(23)15(22)18-5-3-7-21-8-4-6-19-21/h4,6,8-10H,3,5,7H2,1-2H3,(H,18,22)(H,20,23). The summed E-state index contributed by atoms with van der Waals surface area (Å²) in [5.74, 6) is -0.860. The largest absolute Gasteiger partial charge is 0.495 e. The molecule has 1 heterocycles. The van der Waals surface area contributed by atoms with Gasteiger partial charge in [0, 0.05) is 37.6 Å². The Morgan fingerprint density at radius 1 is 1.20 bits per heavy atom. The quantitative estimate of drug-likeness (QED) is 0.574. The summed E-state index contributed by atoms with van der Waals surface area (Å²) in [7, 11) is 2.88. The van der Waals surface area contributed by atoms with E-state index >= 15 is 0 Å².